The summed E-state index contributed by atoms with van der Waals surface area (Å²) in [7, 11) is -3.64. The van der Waals surface area contributed by atoms with Gasteiger partial charge in [-0.25, -0.2) is 12.8 Å². The Bertz CT molecular complexity index is 1100. The van der Waals surface area contributed by atoms with Crippen molar-refractivity contribution in [2.75, 3.05) is 11.0 Å². The van der Waals surface area contributed by atoms with E-state index in [0.29, 0.717) is 35.1 Å². The summed E-state index contributed by atoms with van der Waals surface area (Å²) in [5.41, 5.74) is 0.860. The van der Waals surface area contributed by atoms with Crippen LogP contribution in [-0.2, 0) is 34.0 Å². The van der Waals surface area contributed by atoms with E-state index in [9.17, 15) is 30.8 Å². The van der Waals surface area contributed by atoms with Crippen molar-refractivity contribution in [3.05, 3.63) is 70.0 Å². The van der Waals surface area contributed by atoms with Gasteiger partial charge in [-0.05, 0) is 59.9 Å². The van der Waals surface area contributed by atoms with Gasteiger partial charge in [0.2, 0.25) is 15.9 Å². The first kappa shape index (κ1) is 25.4. The molecule has 0 radical (unpaired) electrons. The molecule has 174 valence electrons. The van der Waals surface area contributed by atoms with E-state index in [4.69, 9.17) is 0 Å². The average Bonchev–Trinajstić information content (AvgIpc) is 2.67. The molecule has 32 heavy (non-hydrogen) atoms. The minimum absolute atomic E-state index is 0.0189. The molecule has 2 aromatic rings. The number of carbonyl (C=O) groups is 1. The highest BCUT2D eigenvalue weighted by molar-refractivity contribution is 7.92. The van der Waals surface area contributed by atoms with Crippen LogP contribution in [0, 0.1) is 12.7 Å². The number of halogens is 4. The Balaban J connectivity index is 2.10. The molecule has 0 spiro atoms. The van der Waals surface area contributed by atoms with Crippen molar-refractivity contribution in [1.29, 1.82) is 0 Å². The van der Waals surface area contributed by atoms with Gasteiger partial charge in [-0.2, -0.15) is 13.2 Å². The molecular formula is C22H24F4N2O3S. The number of nitrogens with one attached hydrogen (secondary N) is 2. The maximum atomic E-state index is 14.2. The lowest BCUT2D eigenvalue weighted by Gasteiger charge is -2.12. The summed E-state index contributed by atoms with van der Waals surface area (Å²) < 4.78 is 77.8. The molecule has 0 saturated heterocycles. The summed E-state index contributed by atoms with van der Waals surface area (Å²) in [6.07, 6.45) is 0.175. The number of aryl methyl sites for hydroxylation is 2. The first-order valence-electron chi connectivity index (χ1n) is 9.73. The highest BCUT2D eigenvalue weighted by atomic mass is 32.2. The summed E-state index contributed by atoms with van der Waals surface area (Å²) in [6, 6.07) is 6.02. The second kappa shape index (κ2) is 10.2. The molecule has 10 heteroatoms. The Morgan fingerprint density at radius 1 is 1.16 bits per heavy atom. The van der Waals surface area contributed by atoms with E-state index in [-0.39, 0.29) is 12.2 Å². The largest absolute Gasteiger partial charge is 0.416 e. The van der Waals surface area contributed by atoms with Crippen LogP contribution in [0.1, 0.15) is 41.2 Å². The van der Waals surface area contributed by atoms with Crippen molar-refractivity contribution in [1.82, 2.24) is 5.32 Å². The molecule has 0 fully saturated rings. The van der Waals surface area contributed by atoms with E-state index in [1.165, 1.54) is 31.2 Å². The number of hydrogen-bond acceptors (Lipinski definition) is 3. The molecule has 0 aliphatic rings. The van der Waals surface area contributed by atoms with E-state index < -0.39 is 33.5 Å². The zero-order valence-electron chi connectivity index (χ0n) is 17.8. The zero-order chi connectivity index (χ0) is 24.1. The molecule has 0 atom stereocenters. The molecule has 0 saturated carbocycles. The number of alkyl halides is 3. The van der Waals surface area contributed by atoms with E-state index in [0.717, 1.165) is 24.5 Å². The molecular weight excluding hydrogens is 448 g/mol. The van der Waals surface area contributed by atoms with Crippen LogP contribution < -0.4 is 10.0 Å². The molecule has 2 N–H and O–H groups in total. The Labute approximate surface area is 184 Å². The molecule has 0 heterocycles. The quantitative estimate of drug-likeness (QED) is 0.428. The van der Waals surface area contributed by atoms with Crippen LogP contribution in [0.15, 0.2) is 36.4 Å². The van der Waals surface area contributed by atoms with E-state index in [2.05, 4.69) is 10.0 Å². The Morgan fingerprint density at radius 2 is 1.84 bits per heavy atom. The standard InChI is InChI=1S/C22H24F4N2O3S/c1-4-5-17-12-18(22(24,25)26)8-6-16(17)7-9-20(29)27-13-15-10-14(2)21(19(23)11-15)28-32(3,30)31/h6-12,28H,4-5,13H2,1-3H3,(H,27,29). The van der Waals surface area contributed by atoms with Gasteiger partial charge in [0.25, 0.3) is 0 Å². The number of anilines is 1. The number of rotatable bonds is 8. The van der Waals surface area contributed by atoms with Crippen LogP contribution in [0.2, 0.25) is 0 Å². The number of carbonyl (C=O) groups excluding carboxylic acids is 1. The highest BCUT2D eigenvalue weighted by Gasteiger charge is 2.30. The van der Waals surface area contributed by atoms with Gasteiger partial charge in [-0.3, -0.25) is 9.52 Å². The van der Waals surface area contributed by atoms with Crippen molar-refractivity contribution >= 4 is 27.7 Å². The fourth-order valence-corrected chi connectivity index (χ4v) is 3.71. The van der Waals surface area contributed by atoms with Crippen LogP contribution >= 0.6 is 0 Å². The highest BCUT2D eigenvalue weighted by Crippen LogP contribution is 2.31. The third-order valence-corrected chi connectivity index (χ3v) is 5.08. The monoisotopic (exact) mass is 472 g/mol. The maximum Gasteiger partial charge on any atom is 0.416 e. The summed E-state index contributed by atoms with van der Waals surface area (Å²) in [6.45, 7) is 3.36. The molecule has 0 bridgehead atoms. The summed E-state index contributed by atoms with van der Waals surface area (Å²) in [5, 5.41) is 2.57. The lowest BCUT2D eigenvalue weighted by Crippen LogP contribution is -2.20. The first-order chi connectivity index (χ1) is 14.8. The van der Waals surface area contributed by atoms with E-state index in [1.807, 2.05) is 6.92 Å². The molecule has 0 aliphatic carbocycles. The van der Waals surface area contributed by atoms with Gasteiger partial charge in [0.1, 0.15) is 5.82 Å². The topological polar surface area (TPSA) is 75.3 Å². The molecule has 2 aromatic carbocycles. The molecule has 0 aliphatic heterocycles. The minimum atomic E-state index is -4.44. The number of amides is 1. The van der Waals surface area contributed by atoms with Crippen molar-refractivity contribution in [3.8, 4) is 0 Å². The second-order valence-corrected chi connectivity index (χ2v) is 9.10. The van der Waals surface area contributed by atoms with Gasteiger partial charge in [-0.15, -0.1) is 0 Å². The fourth-order valence-electron chi connectivity index (χ4n) is 3.08. The number of hydrogen-bond donors (Lipinski definition) is 2. The predicted octanol–water partition coefficient (Wildman–Crippen LogP) is 4.81. The van der Waals surface area contributed by atoms with Crippen LogP contribution in [-0.4, -0.2) is 20.6 Å². The van der Waals surface area contributed by atoms with Gasteiger partial charge < -0.3 is 5.32 Å². The van der Waals surface area contributed by atoms with Gasteiger partial charge in [-0.1, -0.05) is 25.5 Å². The van der Waals surface area contributed by atoms with Crippen LogP contribution in [0.5, 0.6) is 0 Å². The summed E-state index contributed by atoms with van der Waals surface area (Å²) >= 11 is 0. The molecule has 1 amide bonds. The summed E-state index contributed by atoms with van der Waals surface area (Å²) in [4.78, 5) is 12.1. The third-order valence-electron chi connectivity index (χ3n) is 4.51. The van der Waals surface area contributed by atoms with Crippen molar-refractivity contribution in [2.45, 2.75) is 39.4 Å². The Kier molecular flexibility index (Phi) is 8.06. The predicted molar refractivity (Wildman–Crippen MR) is 116 cm³/mol. The second-order valence-electron chi connectivity index (χ2n) is 7.36. The van der Waals surface area contributed by atoms with Crippen molar-refractivity contribution in [2.24, 2.45) is 0 Å². The Hall–Kier alpha value is -2.88. The third kappa shape index (κ3) is 7.37. The molecule has 2 rings (SSSR count). The fraction of sp³-hybridized carbons (Fsp3) is 0.318. The van der Waals surface area contributed by atoms with Crippen LogP contribution in [0.25, 0.3) is 6.08 Å². The summed E-state index contributed by atoms with van der Waals surface area (Å²) in [5.74, 6) is -1.28. The first-order valence-corrected chi connectivity index (χ1v) is 11.6. The zero-order valence-corrected chi connectivity index (χ0v) is 18.6. The lowest BCUT2D eigenvalue weighted by atomic mass is 9.99. The lowest BCUT2D eigenvalue weighted by molar-refractivity contribution is -0.137. The minimum Gasteiger partial charge on any atom is -0.348 e. The van der Waals surface area contributed by atoms with Gasteiger partial charge in [0, 0.05) is 12.6 Å². The van der Waals surface area contributed by atoms with Crippen LogP contribution in [0.4, 0.5) is 23.2 Å². The van der Waals surface area contributed by atoms with Gasteiger partial charge >= 0.3 is 6.18 Å². The smallest absolute Gasteiger partial charge is 0.348 e. The molecule has 0 unspecified atom stereocenters. The number of sulfonamides is 1. The Morgan fingerprint density at radius 3 is 2.41 bits per heavy atom. The number of benzene rings is 2. The van der Waals surface area contributed by atoms with Crippen molar-refractivity contribution in [3.63, 3.8) is 0 Å². The average molecular weight is 473 g/mol. The van der Waals surface area contributed by atoms with Gasteiger partial charge in [0.15, 0.2) is 0 Å². The molecule has 0 aromatic heterocycles. The van der Waals surface area contributed by atoms with Gasteiger partial charge in [0.05, 0.1) is 17.5 Å². The van der Waals surface area contributed by atoms with Crippen LogP contribution in [0.3, 0.4) is 0 Å². The normalized spacial score (nSPS) is 12.2. The maximum absolute atomic E-state index is 14.2. The molecule has 5 nitrogen and oxygen atoms in total. The SMILES string of the molecule is CCCc1cc(C(F)(F)F)ccc1C=CC(=O)NCc1cc(C)c(NS(C)(=O)=O)c(F)c1. The van der Waals surface area contributed by atoms with E-state index in [1.54, 1.807) is 0 Å². The van der Waals surface area contributed by atoms with Crippen molar-refractivity contribution < 1.29 is 30.8 Å². The van der Waals surface area contributed by atoms with E-state index >= 15 is 0 Å².